The summed E-state index contributed by atoms with van der Waals surface area (Å²) in [5, 5.41) is 0. The molecular formula is C8H4F5NO3. The number of aromatic nitrogens is 1. The number of H-pyrrole nitrogens is 1. The van der Waals surface area contributed by atoms with Gasteiger partial charge in [-0.2, -0.15) is 0 Å². The molecule has 0 aliphatic heterocycles. The summed E-state index contributed by atoms with van der Waals surface area (Å²) in [4.78, 5) is 23.1. The fourth-order valence-electron chi connectivity index (χ4n) is 1.06. The van der Waals surface area contributed by atoms with Gasteiger partial charge in [-0.1, -0.05) is 0 Å². The summed E-state index contributed by atoms with van der Waals surface area (Å²) in [6.45, 7) is 0. The number of alkyl halides is 5. The van der Waals surface area contributed by atoms with E-state index in [4.69, 9.17) is 0 Å². The largest absolute Gasteiger partial charge is 0.574 e. The molecule has 0 spiro atoms. The lowest BCUT2D eigenvalue weighted by Crippen LogP contribution is -2.21. The molecule has 0 aliphatic rings. The van der Waals surface area contributed by atoms with Gasteiger partial charge >= 0.3 is 6.36 Å². The number of aldehydes is 1. The standard InChI is InChI=1S/C8H4F5NO3/c9-7(10)6-3(2-15)14-5(1-4(6)16)17-8(11,12)13/h1-2,7H,(H,14,16). The van der Waals surface area contributed by atoms with Crippen LogP contribution in [0.3, 0.4) is 0 Å². The van der Waals surface area contributed by atoms with Crippen molar-refractivity contribution in [3.8, 4) is 5.88 Å². The fourth-order valence-corrected chi connectivity index (χ4v) is 1.06. The van der Waals surface area contributed by atoms with Gasteiger partial charge in [0.1, 0.15) is 0 Å². The lowest BCUT2D eigenvalue weighted by Gasteiger charge is -2.10. The summed E-state index contributed by atoms with van der Waals surface area (Å²) >= 11 is 0. The molecule has 0 bridgehead atoms. The smallest absolute Gasteiger partial charge is 0.390 e. The molecule has 0 saturated carbocycles. The molecule has 0 aromatic carbocycles. The molecule has 0 fully saturated rings. The Hall–Kier alpha value is -1.93. The normalized spacial score (nSPS) is 11.6. The van der Waals surface area contributed by atoms with Gasteiger partial charge in [-0.3, -0.25) is 9.59 Å². The van der Waals surface area contributed by atoms with Crippen molar-refractivity contribution >= 4 is 6.29 Å². The lowest BCUT2D eigenvalue weighted by molar-refractivity contribution is -0.276. The third-order valence-electron chi connectivity index (χ3n) is 1.64. The molecule has 1 aromatic rings. The third-order valence-corrected chi connectivity index (χ3v) is 1.64. The van der Waals surface area contributed by atoms with Crippen molar-refractivity contribution in [3.05, 3.63) is 27.5 Å². The van der Waals surface area contributed by atoms with Crippen LogP contribution in [0.4, 0.5) is 22.0 Å². The Morgan fingerprint density at radius 1 is 1.35 bits per heavy atom. The highest BCUT2D eigenvalue weighted by Crippen LogP contribution is 2.23. The summed E-state index contributed by atoms with van der Waals surface area (Å²) in [6.07, 6.45) is -8.57. The molecule has 1 rings (SSSR count). The van der Waals surface area contributed by atoms with Crippen LogP contribution >= 0.6 is 0 Å². The van der Waals surface area contributed by atoms with Gasteiger partial charge in [0.25, 0.3) is 6.43 Å². The molecule has 4 nitrogen and oxygen atoms in total. The minimum Gasteiger partial charge on any atom is -0.390 e. The Labute approximate surface area is 90.0 Å². The van der Waals surface area contributed by atoms with Crippen LogP contribution in [0, 0.1) is 0 Å². The molecule has 9 heteroatoms. The molecule has 0 atom stereocenters. The van der Waals surface area contributed by atoms with E-state index in [0.29, 0.717) is 0 Å². The van der Waals surface area contributed by atoms with E-state index in [0.717, 1.165) is 0 Å². The predicted molar refractivity (Wildman–Crippen MR) is 44.1 cm³/mol. The second-order valence-corrected chi connectivity index (χ2v) is 2.79. The molecule has 1 aromatic heterocycles. The average Bonchev–Trinajstić information content (AvgIpc) is 2.12. The number of halogens is 5. The summed E-state index contributed by atoms with van der Waals surface area (Å²) in [5.41, 5.74) is -3.57. The molecule has 1 N–H and O–H groups in total. The highest BCUT2D eigenvalue weighted by Gasteiger charge is 2.32. The highest BCUT2D eigenvalue weighted by atomic mass is 19.4. The Bertz CT molecular complexity index is 479. The van der Waals surface area contributed by atoms with Gasteiger partial charge in [0, 0.05) is 6.07 Å². The van der Waals surface area contributed by atoms with Crippen LogP contribution in [0.2, 0.25) is 0 Å². The van der Waals surface area contributed by atoms with E-state index in [9.17, 15) is 31.5 Å². The number of hydrogen-bond acceptors (Lipinski definition) is 3. The van der Waals surface area contributed by atoms with E-state index in [-0.39, 0.29) is 12.4 Å². The molecule has 0 saturated heterocycles. The minimum atomic E-state index is -5.10. The molecule has 0 unspecified atom stereocenters. The zero-order valence-electron chi connectivity index (χ0n) is 7.85. The summed E-state index contributed by atoms with van der Waals surface area (Å²) in [5.74, 6) is -1.13. The first-order valence-corrected chi connectivity index (χ1v) is 4.01. The lowest BCUT2D eigenvalue weighted by atomic mass is 10.2. The Balaban J connectivity index is 3.28. The Morgan fingerprint density at radius 2 is 1.94 bits per heavy atom. The van der Waals surface area contributed by atoms with Crippen LogP contribution in [0.15, 0.2) is 10.9 Å². The van der Waals surface area contributed by atoms with E-state index in [1.807, 2.05) is 0 Å². The van der Waals surface area contributed by atoms with Gasteiger partial charge in [0.2, 0.25) is 5.88 Å². The number of ether oxygens (including phenoxy) is 1. The Kier molecular flexibility index (Phi) is 3.49. The van der Waals surface area contributed by atoms with Gasteiger partial charge in [0.05, 0.1) is 11.3 Å². The summed E-state index contributed by atoms with van der Waals surface area (Å²) in [7, 11) is 0. The van der Waals surface area contributed by atoms with Crippen molar-refractivity contribution in [1.29, 1.82) is 0 Å². The van der Waals surface area contributed by atoms with Crippen LogP contribution in [0.25, 0.3) is 0 Å². The molecule has 1 heterocycles. The van der Waals surface area contributed by atoms with Crippen molar-refractivity contribution < 1.29 is 31.5 Å². The maximum atomic E-state index is 12.3. The number of aromatic amines is 1. The molecule has 94 valence electrons. The van der Waals surface area contributed by atoms with Gasteiger partial charge in [-0.05, 0) is 0 Å². The monoisotopic (exact) mass is 257 g/mol. The molecule has 17 heavy (non-hydrogen) atoms. The quantitative estimate of drug-likeness (QED) is 0.665. The second kappa shape index (κ2) is 4.52. The minimum absolute atomic E-state index is 0.188. The first kappa shape index (κ1) is 13.1. The molecule has 0 aliphatic carbocycles. The molecular weight excluding hydrogens is 253 g/mol. The van der Waals surface area contributed by atoms with Crippen LogP contribution in [0.5, 0.6) is 5.88 Å². The molecule has 0 amide bonds. The van der Waals surface area contributed by atoms with Crippen molar-refractivity contribution in [2.45, 2.75) is 12.8 Å². The van der Waals surface area contributed by atoms with Crippen LogP contribution < -0.4 is 10.2 Å². The van der Waals surface area contributed by atoms with Crippen LogP contribution in [-0.2, 0) is 0 Å². The van der Waals surface area contributed by atoms with Crippen molar-refractivity contribution in [3.63, 3.8) is 0 Å². The van der Waals surface area contributed by atoms with E-state index in [1.54, 1.807) is 4.98 Å². The van der Waals surface area contributed by atoms with Crippen molar-refractivity contribution in [2.24, 2.45) is 0 Å². The zero-order chi connectivity index (χ0) is 13.2. The van der Waals surface area contributed by atoms with Crippen molar-refractivity contribution in [1.82, 2.24) is 4.98 Å². The highest BCUT2D eigenvalue weighted by molar-refractivity contribution is 5.74. The summed E-state index contributed by atoms with van der Waals surface area (Å²) < 4.78 is 63.3. The van der Waals surface area contributed by atoms with Crippen molar-refractivity contribution in [2.75, 3.05) is 0 Å². The summed E-state index contributed by atoms with van der Waals surface area (Å²) in [6, 6.07) is 0.196. The second-order valence-electron chi connectivity index (χ2n) is 2.79. The van der Waals surface area contributed by atoms with E-state index in [2.05, 4.69) is 4.74 Å². The zero-order valence-corrected chi connectivity index (χ0v) is 7.85. The fraction of sp³-hybridized carbons (Fsp3) is 0.250. The third kappa shape index (κ3) is 3.26. The van der Waals surface area contributed by atoms with Gasteiger partial charge in [0.15, 0.2) is 11.7 Å². The van der Waals surface area contributed by atoms with Gasteiger partial charge in [-0.15, -0.1) is 13.2 Å². The first-order valence-electron chi connectivity index (χ1n) is 4.01. The SMILES string of the molecule is O=Cc1[nH]c(OC(F)(F)F)cc(=O)c1C(F)F. The first-order chi connectivity index (χ1) is 7.74. The average molecular weight is 257 g/mol. The number of rotatable bonds is 3. The number of carbonyl (C=O) groups is 1. The van der Waals surface area contributed by atoms with Crippen LogP contribution in [0.1, 0.15) is 22.5 Å². The van der Waals surface area contributed by atoms with E-state index in [1.165, 1.54) is 0 Å². The predicted octanol–water partition coefficient (Wildman–Crippen LogP) is 2.02. The van der Waals surface area contributed by atoms with E-state index < -0.39 is 35.4 Å². The number of pyridine rings is 1. The number of nitrogens with one attached hydrogen (secondary N) is 1. The molecule has 0 radical (unpaired) electrons. The Morgan fingerprint density at radius 3 is 2.35 bits per heavy atom. The maximum Gasteiger partial charge on any atom is 0.574 e. The van der Waals surface area contributed by atoms with Gasteiger partial charge in [-0.25, -0.2) is 8.78 Å². The van der Waals surface area contributed by atoms with Crippen LogP contribution in [-0.4, -0.2) is 17.6 Å². The van der Waals surface area contributed by atoms with Gasteiger partial charge < -0.3 is 9.72 Å². The topological polar surface area (TPSA) is 59.2 Å². The van der Waals surface area contributed by atoms with E-state index >= 15 is 0 Å². The number of hydrogen-bond donors (Lipinski definition) is 1. The number of carbonyl (C=O) groups excluding carboxylic acids is 1. The maximum absolute atomic E-state index is 12.3.